The van der Waals surface area contributed by atoms with Crippen molar-refractivity contribution in [3.05, 3.63) is 52.3 Å². The van der Waals surface area contributed by atoms with Crippen LogP contribution in [0.15, 0.2) is 30.3 Å². The number of alkyl halides is 3. The molecule has 2 heterocycles. The van der Waals surface area contributed by atoms with Crippen LogP contribution in [0, 0.1) is 5.92 Å². The molecule has 0 radical (unpaired) electrons. The van der Waals surface area contributed by atoms with Gasteiger partial charge in [-0.05, 0) is 70.7 Å². The number of fused-ring (bicyclic) bond motifs is 1. The lowest BCUT2D eigenvalue weighted by Gasteiger charge is -2.25. The van der Waals surface area contributed by atoms with E-state index in [4.69, 9.17) is 4.98 Å². The molecule has 0 aliphatic heterocycles. The number of hydrogen-bond acceptors (Lipinski definition) is 6. The average molecular weight is 506 g/mol. The van der Waals surface area contributed by atoms with Gasteiger partial charge in [0.2, 0.25) is 0 Å². The van der Waals surface area contributed by atoms with Gasteiger partial charge in [-0.3, -0.25) is 9.59 Å². The van der Waals surface area contributed by atoms with Gasteiger partial charge in [-0.1, -0.05) is 6.07 Å². The first-order chi connectivity index (χ1) is 16.3. The lowest BCUT2D eigenvalue weighted by Crippen LogP contribution is -2.22. The molecule has 0 unspecified atom stereocenters. The van der Waals surface area contributed by atoms with E-state index in [2.05, 4.69) is 10.3 Å². The number of aliphatic hydroxyl groups is 1. The molecule has 0 bridgehead atoms. The number of benzene rings is 1. The number of aromatic nitrogens is 2. The molecule has 1 amide bonds. The zero-order chi connectivity index (χ0) is 25.5. The Morgan fingerprint density at radius 2 is 1.77 bits per heavy atom. The third kappa shape index (κ3) is 5.54. The Bertz CT molecular complexity index is 1270. The standard InChI is InChI=1S/C25H26F3N3O3S/c1-13(32)14-7-9-15(10-8-14)23-31-19-11-16(24(2,3)34)18(12-20(19)35-23)30-22(33)17-5-4-6-21(29-17)25(26,27)28/h4-6,11-12,14-15,34H,7-10H2,1-3H3,(H,30,33). The van der Waals surface area contributed by atoms with E-state index in [1.807, 2.05) is 0 Å². The van der Waals surface area contributed by atoms with Crippen molar-refractivity contribution in [1.29, 1.82) is 0 Å². The van der Waals surface area contributed by atoms with Crippen LogP contribution in [0.5, 0.6) is 0 Å². The van der Waals surface area contributed by atoms with Crippen LogP contribution in [0.2, 0.25) is 0 Å². The number of nitrogens with one attached hydrogen (secondary N) is 1. The maximum absolute atomic E-state index is 13.0. The van der Waals surface area contributed by atoms with Gasteiger partial charge in [-0.2, -0.15) is 13.2 Å². The largest absolute Gasteiger partial charge is 0.433 e. The van der Waals surface area contributed by atoms with Crippen LogP contribution in [0.1, 0.15) is 79.1 Å². The molecule has 1 fully saturated rings. The van der Waals surface area contributed by atoms with E-state index in [9.17, 15) is 27.9 Å². The Morgan fingerprint density at radius 1 is 1.09 bits per heavy atom. The highest BCUT2D eigenvalue weighted by Gasteiger charge is 2.33. The number of halogens is 3. The van der Waals surface area contributed by atoms with Crippen LogP contribution < -0.4 is 5.32 Å². The van der Waals surface area contributed by atoms with E-state index in [1.54, 1.807) is 32.9 Å². The van der Waals surface area contributed by atoms with Gasteiger partial charge in [-0.25, -0.2) is 9.97 Å². The van der Waals surface area contributed by atoms with Crippen molar-refractivity contribution in [2.45, 2.75) is 64.1 Å². The predicted octanol–water partition coefficient (Wildman–Crippen LogP) is 6.05. The summed E-state index contributed by atoms with van der Waals surface area (Å²) >= 11 is 1.48. The fourth-order valence-electron chi connectivity index (χ4n) is 4.43. The van der Waals surface area contributed by atoms with Crippen LogP contribution >= 0.6 is 11.3 Å². The van der Waals surface area contributed by atoms with Gasteiger partial charge in [-0.15, -0.1) is 11.3 Å². The van der Waals surface area contributed by atoms with Gasteiger partial charge in [0, 0.05) is 23.1 Å². The van der Waals surface area contributed by atoms with Crippen molar-refractivity contribution in [1.82, 2.24) is 9.97 Å². The maximum atomic E-state index is 13.0. The molecular formula is C25H26F3N3O3S. The molecule has 3 aromatic rings. The number of thiazole rings is 1. The SMILES string of the molecule is CC(=O)C1CCC(c2nc3cc(C(C)(C)O)c(NC(=O)c4cccc(C(F)(F)F)n4)cc3s2)CC1. The van der Waals surface area contributed by atoms with Gasteiger partial charge in [0.25, 0.3) is 5.91 Å². The molecule has 35 heavy (non-hydrogen) atoms. The predicted molar refractivity (Wildman–Crippen MR) is 127 cm³/mol. The maximum Gasteiger partial charge on any atom is 0.433 e. The minimum atomic E-state index is -4.67. The summed E-state index contributed by atoms with van der Waals surface area (Å²) in [6, 6.07) is 6.52. The van der Waals surface area contributed by atoms with Crippen LogP contribution in [0.4, 0.5) is 18.9 Å². The number of carbonyl (C=O) groups is 2. The monoisotopic (exact) mass is 505 g/mol. The number of hydrogen-bond donors (Lipinski definition) is 2. The molecule has 0 spiro atoms. The molecule has 1 saturated carbocycles. The Morgan fingerprint density at radius 3 is 2.37 bits per heavy atom. The first kappa shape index (κ1) is 25.2. The van der Waals surface area contributed by atoms with E-state index in [-0.39, 0.29) is 29.0 Å². The summed E-state index contributed by atoms with van der Waals surface area (Å²) in [5.74, 6) is -0.249. The number of anilines is 1. The second-order valence-corrected chi connectivity index (χ2v) is 10.6. The quantitative estimate of drug-likeness (QED) is 0.440. The smallest absolute Gasteiger partial charge is 0.386 e. The van der Waals surface area contributed by atoms with Gasteiger partial charge in [0.1, 0.15) is 17.2 Å². The fourth-order valence-corrected chi connectivity index (χ4v) is 5.59. The lowest BCUT2D eigenvalue weighted by atomic mass is 9.80. The minimum Gasteiger partial charge on any atom is -0.386 e. The third-order valence-electron chi connectivity index (χ3n) is 6.38. The molecule has 186 valence electrons. The van der Waals surface area contributed by atoms with Gasteiger partial charge in [0.15, 0.2) is 0 Å². The summed E-state index contributed by atoms with van der Waals surface area (Å²) < 4.78 is 39.8. The molecule has 6 nitrogen and oxygen atoms in total. The van der Waals surface area contributed by atoms with Crippen molar-refractivity contribution in [3.8, 4) is 0 Å². The van der Waals surface area contributed by atoms with Crippen LogP contribution in [-0.2, 0) is 16.6 Å². The molecule has 1 aliphatic rings. The number of amides is 1. The number of ketones is 1. The highest BCUT2D eigenvalue weighted by atomic mass is 32.1. The lowest BCUT2D eigenvalue weighted by molar-refractivity contribution is -0.141. The van der Waals surface area contributed by atoms with E-state index in [1.165, 1.54) is 17.4 Å². The molecule has 2 aromatic heterocycles. The third-order valence-corrected chi connectivity index (χ3v) is 7.56. The van der Waals surface area contributed by atoms with Crippen molar-refractivity contribution < 1.29 is 27.9 Å². The number of rotatable bonds is 5. The average Bonchev–Trinajstić information content (AvgIpc) is 3.20. The number of carbonyl (C=O) groups excluding carboxylic acids is 2. The van der Waals surface area contributed by atoms with E-state index in [0.29, 0.717) is 11.1 Å². The zero-order valence-electron chi connectivity index (χ0n) is 19.6. The van der Waals surface area contributed by atoms with Gasteiger partial charge in [0.05, 0.1) is 20.8 Å². The summed E-state index contributed by atoms with van der Waals surface area (Å²) in [5, 5.41) is 14.3. The van der Waals surface area contributed by atoms with Crippen molar-refractivity contribution in [2.75, 3.05) is 5.32 Å². The van der Waals surface area contributed by atoms with Gasteiger partial charge < -0.3 is 10.4 Å². The van der Waals surface area contributed by atoms with Crippen LogP contribution in [-0.4, -0.2) is 26.8 Å². The molecule has 1 aliphatic carbocycles. The fraction of sp³-hybridized carbons (Fsp3) is 0.440. The van der Waals surface area contributed by atoms with Crippen LogP contribution in [0.3, 0.4) is 0 Å². The van der Waals surface area contributed by atoms with E-state index >= 15 is 0 Å². The summed E-state index contributed by atoms with van der Waals surface area (Å²) in [7, 11) is 0. The van der Waals surface area contributed by atoms with Crippen molar-refractivity contribution in [2.24, 2.45) is 5.92 Å². The minimum absolute atomic E-state index is 0.105. The van der Waals surface area contributed by atoms with Crippen molar-refractivity contribution >= 4 is 38.9 Å². The Kier molecular flexibility index (Phi) is 6.72. The van der Waals surface area contributed by atoms with Crippen molar-refractivity contribution in [3.63, 3.8) is 0 Å². The van der Waals surface area contributed by atoms with E-state index < -0.39 is 23.4 Å². The molecule has 2 N–H and O–H groups in total. The molecule has 4 rings (SSSR count). The summed E-state index contributed by atoms with van der Waals surface area (Å²) in [6.45, 7) is 4.75. The van der Waals surface area contributed by atoms with Gasteiger partial charge >= 0.3 is 6.18 Å². The molecule has 1 aromatic carbocycles. The molecule has 10 heteroatoms. The first-order valence-corrected chi connectivity index (χ1v) is 12.2. The summed E-state index contributed by atoms with van der Waals surface area (Å²) in [6.07, 6.45) is -1.28. The Balaban J connectivity index is 1.65. The Hall–Kier alpha value is -2.85. The number of pyridine rings is 1. The molecular weight excluding hydrogens is 479 g/mol. The zero-order valence-corrected chi connectivity index (χ0v) is 20.4. The highest BCUT2D eigenvalue weighted by molar-refractivity contribution is 7.18. The first-order valence-electron chi connectivity index (χ1n) is 11.4. The van der Waals surface area contributed by atoms with Crippen LogP contribution in [0.25, 0.3) is 10.2 Å². The normalized spacial score (nSPS) is 19.1. The number of nitrogens with zero attached hydrogens (tertiary/aromatic N) is 2. The summed E-state index contributed by atoms with van der Waals surface area (Å²) in [4.78, 5) is 32.7. The summed E-state index contributed by atoms with van der Waals surface area (Å²) in [5.41, 5.74) is -1.54. The number of Topliss-reactive ketones (excluding diaryl/α,β-unsaturated/α-hetero) is 1. The highest BCUT2D eigenvalue weighted by Crippen LogP contribution is 2.41. The molecule has 0 saturated heterocycles. The Labute approximate surface area is 204 Å². The topological polar surface area (TPSA) is 92.2 Å². The molecule has 0 atom stereocenters. The second kappa shape index (κ2) is 9.31. The van der Waals surface area contributed by atoms with E-state index in [0.717, 1.165) is 47.5 Å². The second-order valence-electron chi connectivity index (χ2n) is 9.50.